The Morgan fingerprint density at radius 3 is 2.48 bits per heavy atom. The molecule has 0 saturated carbocycles. The van der Waals surface area contributed by atoms with Crippen molar-refractivity contribution in [1.82, 2.24) is 24.0 Å². The zero-order valence-electron chi connectivity index (χ0n) is 14.1. The van der Waals surface area contributed by atoms with E-state index in [-0.39, 0.29) is 24.3 Å². The summed E-state index contributed by atoms with van der Waals surface area (Å²) in [5.41, 5.74) is 1.42. The largest absolute Gasteiger partial charge is 0.350 e. The van der Waals surface area contributed by atoms with Crippen LogP contribution in [-0.2, 0) is 25.9 Å². The van der Waals surface area contributed by atoms with Crippen LogP contribution in [0.15, 0.2) is 34.0 Å². The molecule has 0 aliphatic rings. The molecule has 0 atom stereocenters. The molecule has 0 unspecified atom stereocenters. The fourth-order valence-corrected chi connectivity index (χ4v) is 2.89. The lowest BCUT2D eigenvalue weighted by Crippen LogP contribution is -2.32. The Balaban J connectivity index is 1.98. The standard InChI is InChI=1S/C17H18N6O2/c1-3-12-13(11-18)16(24)22(19-14(12)4-2)9-10-23-17(25)21-8-6-5-7-15(21)20-23/h5-8H,3-4,9-10H2,1-2H3. The number of rotatable bonds is 5. The van der Waals surface area contributed by atoms with Crippen LogP contribution in [0.2, 0.25) is 0 Å². The van der Waals surface area contributed by atoms with Crippen molar-refractivity contribution in [1.29, 1.82) is 5.26 Å². The lowest BCUT2D eigenvalue weighted by molar-refractivity contribution is 0.466. The topological polar surface area (TPSA) is 98.0 Å². The molecule has 8 heteroatoms. The third-order valence-electron chi connectivity index (χ3n) is 4.15. The summed E-state index contributed by atoms with van der Waals surface area (Å²) in [5, 5.41) is 17.9. The Morgan fingerprint density at radius 1 is 1.08 bits per heavy atom. The first-order chi connectivity index (χ1) is 12.1. The van der Waals surface area contributed by atoms with Crippen LogP contribution in [-0.4, -0.2) is 24.0 Å². The maximum absolute atomic E-state index is 12.5. The third kappa shape index (κ3) is 2.85. The lowest BCUT2D eigenvalue weighted by Gasteiger charge is -2.11. The summed E-state index contributed by atoms with van der Waals surface area (Å²) in [4.78, 5) is 24.8. The molecule has 0 N–H and O–H groups in total. The molecule has 3 heterocycles. The van der Waals surface area contributed by atoms with Crippen molar-refractivity contribution in [2.75, 3.05) is 0 Å². The fraction of sp³-hybridized carbons (Fsp3) is 0.353. The van der Waals surface area contributed by atoms with E-state index >= 15 is 0 Å². The number of hydrogen-bond acceptors (Lipinski definition) is 5. The SMILES string of the molecule is CCc1nn(CCn2nc3ccccn3c2=O)c(=O)c(C#N)c1CC. The molecule has 0 bridgehead atoms. The van der Waals surface area contributed by atoms with Gasteiger partial charge in [-0.25, -0.2) is 14.2 Å². The van der Waals surface area contributed by atoms with Crippen molar-refractivity contribution in [3.8, 4) is 6.07 Å². The maximum atomic E-state index is 12.5. The van der Waals surface area contributed by atoms with E-state index in [2.05, 4.69) is 10.2 Å². The number of nitrogens with zero attached hydrogens (tertiary/aromatic N) is 6. The molecule has 128 valence electrons. The zero-order valence-corrected chi connectivity index (χ0v) is 14.1. The predicted molar refractivity (Wildman–Crippen MR) is 91.4 cm³/mol. The highest BCUT2D eigenvalue weighted by molar-refractivity contribution is 5.38. The van der Waals surface area contributed by atoms with Gasteiger partial charge in [-0.05, 0) is 30.5 Å². The van der Waals surface area contributed by atoms with Gasteiger partial charge in [-0.3, -0.25) is 9.20 Å². The number of aryl methyl sites for hydroxylation is 3. The second-order valence-corrected chi connectivity index (χ2v) is 5.58. The monoisotopic (exact) mass is 338 g/mol. The Hall–Kier alpha value is -3.21. The van der Waals surface area contributed by atoms with Gasteiger partial charge in [0.25, 0.3) is 5.56 Å². The third-order valence-corrected chi connectivity index (χ3v) is 4.15. The van der Waals surface area contributed by atoms with E-state index < -0.39 is 5.56 Å². The minimum atomic E-state index is -0.423. The van der Waals surface area contributed by atoms with Crippen LogP contribution < -0.4 is 11.2 Å². The number of fused-ring (bicyclic) bond motifs is 1. The Morgan fingerprint density at radius 2 is 1.84 bits per heavy atom. The molecule has 0 aromatic carbocycles. The Kier molecular flexibility index (Phi) is 4.48. The van der Waals surface area contributed by atoms with Crippen molar-refractivity contribution in [3.05, 3.63) is 62.1 Å². The summed E-state index contributed by atoms with van der Waals surface area (Å²) in [6, 6.07) is 7.29. The molecule has 0 amide bonds. The van der Waals surface area contributed by atoms with Crippen LogP contribution in [0.5, 0.6) is 0 Å². The van der Waals surface area contributed by atoms with Gasteiger partial charge in [-0.1, -0.05) is 19.9 Å². The molecule has 0 aliphatic heterocycles. The molecule has 25 heavy (non-hydrogen) atoms. The van der Waals surface area contributed by atoms with Crippen molar-refractivity contribution >= 4 is 5.65 Å². The van der Waals surface area contributed by atoms with E-state index in [0.29, 0.717) is 24.1 Å². The highest BCUT2D eigenvalue weighted by Gasteiger charge is 2.15. The van der Waals surface area contributed by atoms with Gasteiger partial charge in [0.2, 0.25) is 0 Å². The molecular formula is C17H18N6O2. The second-order valence-electron chi connectivity index (χ2n) is 5.58. The number of pyridine rings is 1. The minimum Gasteiger partial charge on any atom is -0.266 e. The molecule has 3 aromatic rings. The summed E-state index contributed by atoms with van der Waals surface area (Å²) in [6.45, 7) is 4.21. The van der Waals surface area contributed by atoms with Gasteiger partial charge in [0.05, 0.1) is 18.8 Å². The van der Waals surface area contributed by atoms with Crippen LogP contribution in [0.1, 0.15) is 30.7 Å². The molecule has 3 aromatic heterocycles. The smallest absolute Gasteiger partial charge is 0.266 e. The van der Waals surface area contributed by atoms with E-state index in [1.54, 1.807) is 24.4 Å². The van der Waals surface area contributed by atoms with Crippen LogP contribution in [0.25, 0.3) is 5.65 Å². The second kappa shape index (κ2) is 6.73. The molecule has 0 spiro atoms. The summed E-state index contributed by atoms with van der Waals surface area (Å²) in [5.74, 6) is 0. The van der Waals surface area contributed by atoms with E-state index in [1.165, 1.54) is 13.8 Å². The summed E-state index contributed by atoms with van der Waals surface area (Å²) in [7, 11) is 0. The van der Waals surface area contributed by atoms with Crippen molar-refractivity contribution < 1.29 is 0 Å². The summed E-state index contributed by atoms with van der Waals surface area (Å²) >= 11 is 0. The highest BCUT2D eigenvalue weighted by atomic mass is 16.2. The van der Waals surface area contributed by atoms with E-state index in [0.717, 1.165) is 5.69 Å². The summed E-state index contributed by atoms with van der Waals surface area (Å²) < 4.78 is 4.00. The van der Waals surface area contributed by atoms with Crippen molar-refractivity contribution in [2.24, 2.45) is 0 Å². The Bertz CT molecular complexity index is 1080. The molecular weight excluding hydrogens is 320 g/mol. The number of aromatic nitrogens is 5. The number of nitriles is 1. The van der Waals surface area contributed by atoms with Gasteiger partial charge in [-0.15, -0.1) is 5.10 Å². The van der Waals surface area contributed by atoms with Gasteiger partial charge in [0.1, 0.15) is 11.6 Å². The minimum absolute atomic E-state index is 0.136. The van der Waals surface area contributed by atoms with Gasteiger partial charge >= 0.3 is 5.69 Å². The summed E-state index contributed by atoms with van der Waals surface area (Å²) in [6.07, 6.45) is 2.86. The van der Waals surface area contributed by atoms with Gasteiger partial charge in [0.15, 0.2) is 5.65 Å². The lowest BCUT2D eigenvalue weighted by atomic mass is 10.0. The van der Waals surface area contributed by atoms with Crippen LogP contribution in [0.3, 0.4) is 0 Å². The van der Waals surface area contributed by atoms with E-state index in [4.69, 9.17) is 0 Å². The molecule has 3 rings (SSSR count). The molecule has 0 radical (unpaired) electrons. The first-order valence-corrected chi connectivity index (χ1v) is 8.17. The quantitative estimate of drug-likeness (QED) is 0.684. The van der Waals surface area contributed by atoms with Crippen LogP contribution in [0.4, 0.5) is 0 Å². The van der Waals surface area contributed by atoms with Crippen LogP contribution in [0, 0.1) is 11.3 Å². The maximum Gasteiger partial charge on any atom is 0.350 e. The predicted octanol–water partition coefficient (Wildman–Crippen LogP) is 0.749. The molecule has 8 nitrogen and oxygen atoms in total. The van der Waals surface area contributed by atoms with Crippen molar-refractivity contribution in [2.45, 2.75) is 39.8 Å². The fourth-order valence-electron chi connectivity index (χ4n) is 2.89. The van der Waals surface area contributed by atoms with E-state index in [1.807, 2.05) is 19.9 Å². The van der Waals surface area contributed by atoms with Gasteiger partial charge in [-0.2, -0.15) is 10.4 Å². The van der Waals surface area contributed by atoms with E-state index in [9.17, 15) is 14.9 Å². The highest BCUT2D eigenvalue weighted by Crippen LogP contribution is 2.10. The van der Waals surface area contributed by atoms with Crippen LogP contribution >= 0.6 is 0 Å². The van der Waals surface area contributed by atoms with Gasteiger partial charge in [0, 0.05) is 6.20 Å². The first-order valence-electron chi connectivity index (χ1n) is 8.17. The first kappa shape index (κ1) is 16.6. The van der Waals surface area contributed by atoms with Crippen molar-refractivity contribution in [3.63, 3.8) is 0 Å². The normalized spacial score (nSPS) is 10.9. The Labute approximate surface area is 143 Å². The zero-order chi connectivity index (χ0) is 18.0. The van der Waals surface area contributed by atoms with Gasteiger partial charge < -0.3 is 0 Å². The number of hydrogen-bond donors (Lipinski definition) is 0. The average Bonchev–Trinajstić information content (AvgIpc) is 2.96. The molecule has 0 saturated heterocycles. The average molecular weight is 338 g/mol. The molecule has 0 fully saturated rings. The molecule has 0 aliphatic carbocycles.